The summed E-state index contributed by atoms with van der Waals surface area (Å²) in [6.45, 7) is 6.26. The quantitative estimate of drug-likeness (QED) is 0.880. The van der Waals surface area contributed by atoms with Crippen molar-refractivity contribution in [1.82, 2.24) is 0 Å². The predicted molar refractivity (Wildman–Crippen MR) is 83.3 cm³/mol. The maximum atomic E-state index is 10.4. The molecule has 0 heterocycles. The molecule has 0 saturated carbocycles. The van der Waals surface area contributed by atoms with E-state index < -0.39 is 0 Å². The average Bonchev–Trinajstić information content (AvgIpc) is 2.47. The van der Waals surface area contributed by atoms with E-state index in [4.69, 9.17) is 4.74 Å². The van der Waals surface area contributed by atoms with Crippen molar-refractivity contribution in [3.05, 3.63) is 40.5 Å². The molecule has 3 heteroatoms. The van der Waals surface area contributed by atoms with Crippen LogP contribution in [0.2, 0.25) is 0 Å². The van der Waals surface area contributed by atoms with E-state index in [0.717, 1.165) is 40.7 Å². The molecule has 3 rings (SSSR count). The summed E-state index contributed by atoms with van der Waals surface area (Å²) in [7, 11) is 0. The molecule has 0 unspecified atom stereocenters. The van der Waals surface area contributed by atoms with Gasteiger partial charge in [-0.05, 0) is 67.5 Å². The molecule has 2 N–H and O–H groups in total. The number of fused-ring (bicyclic) bond motifs is 3. The van der Waals surface area contributed by atoms with E-state index in [-0.39, 0.29) is 5.75 Å². The summed E-state index contributed by atoms with van der Waals surface area (Å²) in [4.78, 5) is 0. The van der Waals surface area contributed by atoms with Crippen LogP contribution in [0.25, 0.3) is 11.1 Å². The molecule has 0 aliphatic heterocycles. The molecule has 0 amide bonds. The minimum atomic E-state index is 0.217. The number of phenols is 2. The number of ether oxygens (including phenoxy) is 1. The molecule has 110 valence electrons. The first-order valence-corrected chi connectivity index (χ1v) is 7.34. The monoisotopic (exact) mass is 284 g/mol. The van der Waals surface area contributed by atoms with Crippen molar-refractivity contribution in [2.24, 2.45) is 0 Å². The van der Waals surface area contributed by atoms with Gasteiger partial charge in [0.1, 0.15) is 5.75 Å². The predicted octanol–water partition coefficient (Wildman–Crippen LogP) is 3.88. The smallest absolute Gasteiger partial charge is 0.169 e. The van der Waals surface area contributed by atoms with Gasteiger partial charge in [0.15, 0.2) is 11.5 Å². The molecule has 0 aromatic heterocycles. The fourth-order valence-electron chi connectivity index (χ4n) is 3.18. The maximum Gasteiger partial charge on any atom is 0.169 e. The van der Waals surface area contributed by atoms with Gasteiger partial charge in [0.25, 0.3) is 0 Å². The van der Waals surface area contributed by atoms with Gasteiger partial charge in [-0.15, -0.1) is 0 Å². The number of phenolic OH excluding ortho intramolecular Hbond substituents is 2. The van der Waals surface area contributed by atoms with Crippen LogP contribution >= 0.6 is 0 Å². The molecule has 0 bridgehead atoms. The van der Waals surface area contributed by atoms with Crippen LogP contribution in [0.4, 0.5) is 0 Å². The number of rotatable bonds is 2. The van der Waals surface area contributed by atoms with E-state index in [2.05, 4.69) is 0 Å². The van der Waals surface area contributed by atoms with Crippen LogP contribution in [0.15, 0.2) is 18.2 Å². The van der Waals surface area contributed by atoms with E-state index in [1.807, 2.05) is 32.9 Å². The van der Waals surface area contributed by atoms with Gasteiger partial charge in [-0.3, -0.25) is 0 Å². The Labute approximate surface area is 124 Å². The zero-order valence-electron chi connectivity index (χ0n) is 12.7. The Kier molecular flexibility index (Phi) is 3.28. The first-order chi connectivity index (χ1) is 10.0. The second-order valence-corrected chi connectivity index (χ2v) is 5.57. The first-order valence-electron chi connectivity index (χ1n) is 7.34. The van der Waals surface area contributed by atoms with Gasteiger partial charge in [0.2, 0.25) is 0 Å². The minimum Gasteiger partial charge on any atom is -0.508 e. The first kappa shape index (κ1) is 13.8. The lowest BCUT2D eigenvalue weighted by Crippen LogP contribution is -2.09. The van der Waals surface area contributed by atoms with Gasteiger partial charge in [0.05, 0.1) is 6.61 Å². The fraction of sp³-hybridized carbons (Fsp3) is 0.333. The fourth-order valence-corrected chi connectivity index (χ4v) is 3.18. The van der Waals surface area contributed by atoms with Crippen LogP contribution in [0.3, 0.4) is 0 Å². The van der Waals surface area contributed by atoms with Crippen molar-refractivity contribution >= 4 is 0 Å². The number of hydrogen-bond acceptors (Lipinski definition) is 3. The summed E-state index contributed by atoms with van der Waals surface area (Å²) >= 11 is 0. The van der Waals surface area contributed by atoms with Gasteiger partial charge in [-0.25, -0.2) is 0 Å². The Morgan fingerprint density at radius 2 is 1.90 bits per heavy atom. The third kappa shape index (κ3) is 2.04. The highest BCUT2D eigenvalue weighted by molar-refractivity contribution is 5.83. The lowest BCUT2D eigenvalue weighted by Gasteiger charge is -2.25. The topological polar surface area (TPSA) is 49.7 Å². The second kappa shape index (κ2) is 4.99. The van der Waals surface area contributed by atoms with E-state index in [1.54, 1.807) is 6.07 Å². The van der Waals surface area contributed by atoms with Crippen LogP contribution in [-0.2, 0) is 12.8 Å². The third-order valence-corrected chi connectivity index (χ3v) is 4.30. The van der Waals surface area contributed by atoms with Gasteiger partial charge < -0.3 is 14.9 Å². The normalized spacial score (nSPS) is 12.7. The molecule has 3 nitrogen and oxygen atoms in total. The lowest BCUT2D eigenvalue weighted by atomic mass is 9.82. The molecular formula is C18H20O3. The van der Waals surface area contributed by atoms with Crippen LogP contribution in [-0.4, -0.2) is 16.8 Å². The van der Waals surface area contributed by atoms with Crippen molar-refractivity contribution in [1.29, 1.82) is 0 Å². The summed E-state index contributed by atoms with van der Waals surface area (Å²) in [5, 5.41) is 20.3. The zero-order valence-corrected chi connectivity index (χ0v) is 12.7. The van der Waals surface area contributed by atoms with Crippen LogP contribution in [0.1, 0.15) is 29.2 Å². The molecule has 0 spiro atoms. The summed E-state index contributed by atoms with van der Waals surface area (Å²) in [6, 6.07) is 5.68. The molecular weight excluding hydrogens is 264 g/mol. The van der Waals surface area contributed by atoms with Crippen molar-refractivity contribution in [2.75, 3.05) is 6.61 Å². The SMILES string of the molecule is CCOc1c(O)c(C)cc2c1-c1ccc(O)c(C)c1CC2. The highest BCUT2D eigenvalue weighted by Gasteiger charge is 2.25. The van der Waals surface area contributed by atoms with Gasteiger partial charge in [-0.2, -0.15) is 0 Å². The average molecular weight is 284 g/mol. The standard InChI is InChI=1S/C18H20O3/c1-4-21-18-16-12(9-10(2)17(18)20)5-6-13-11(3)15(19)8-7-14(13)16/h7-9,19-20H,4-6H2,1-3H3. The largest absolute Gasteiger partial charge is 0.508 e. The third-order valence-electron chi connectivity index (χ3n) is 4.30. The number of aromatic hydroxyl groups is 2. The Balaban J connectivity index is 2.33. The number of benzene rings is 2. The Morgan fingerprint density at radius 3 is 2.62 bits per heavy atom. The maximum absolute atomic E-state index is 10.4. The van der Waals surface area contributed by atoms with Crippen LogP contribution < -0.4 is 4.74 Å². The highest BCUT2D eigenvalue weighted by atomic mass is 16.5. The number of hydrogen-bond donors (Lipinski definition) is 2. The Morgan fingerprint density at radius 1 is 1.14 bits per heavy atom. The molecule has 0 saturated heterocycles. The van der Waals surface area contributed by atoms with E-state index in [0.29, 0.717) is 18.1 Å². The van der Waals surface area contributed by atoms with Gasteiger partial charge >= 0.3 is 0 Å². The summed E-state index contributed by atoms with van der Waals surface area (Å²) < 4.78 is 5.73. The Hall–Kier alpha value is -2.16. The lowest BCUT2D eigenvalue weighted by molar-refractivity contribution is 0.318. The summed E-state index contributed by atoms with van der Waals surface area (Å²) in [6.07, 6.45) is 1.80. The van der Waals surface area contributed by atoms with Gasteiger partial charge in [-0.1, -0.05) is 12.1 Å². The summed E-state index contributed by atoms with van der Waals surface area (Å²) in [5.74, 6) is 1.11. The van der Waals surface area contributed by atoms with Crippen LogP contribution in [0.5, 0.6) is 17.2 Å². The van der Waals surface area contributed by atoms with E-state index in [9.17, 15) is 10.2 Å². The molecule has 21 heavy (non-hydrogen) atoms. The molecule has 1 aliphatic rings. The second-order valence-electron chi connectivity index (χ2n) is 5.57. The molecule has 0 atom stereocenters. The van der Waals surface area contributed by atoms with E-state index >= 15 is 0 Å². The van der Waals surface area contributed by atoms with Gasteiger partial charge in [0, 0.05) is 5.56 Å². The molecule has 0 radical (unpaired) electrons. The van der Waals surface area contributed by atoms with E-state index in [1.165, 1.54) is 5.56 Å². The molecule has 2 aromatic carbocycles. The van der Waals surface area contributed by atoms with Crippen LogP contribution in [0, 0.1) is 13.8 Å². The molecule has 0 fully saturated rings. The Bertz CT molecular complexity index is 717. The van der Waals surface area contributed by atoms with Crippen molar-refractivity contribution in [3.63, 3.8) is 0 Å². The number of aryl methyl sites for hydroxylation is 2. The molecule has 2 aromatic rings. The highest BCUT2D eigenvalue weighted by Crippen LogP contribution is 2.47. The minimum absolute atomic E-state index is 0.217. The molecule has 1 aliphatic carbocycles. The van der Waals surface area contributed by atoms with Crippen molar-refractivity contribution < 1.29 is 14.9 Å². The van der Waals surface area contributed by atoms with Crippen molar-refractivity contribution in [3.8, 4) is 28.4 Å². The zero-order chi connectivity index (χ0) is 15.1. The van der Waals surface area contributed by atoms with Crippen molar-refractivity contribution in [2.45, 2.75) is 33.6 Å². The summed E-state index contributed by atoms with van der Waals surface area (Å²) in [5.41, 5.74) is 6.14.